The number of aromatic nitrogens is 2. The molecule has 0 saturated heterocycles. The van der Waals surface area contributed by atoms with Gasteiger partial charge in [0.15, 0.2) is 0 Å². The summed E-state index contributed by atoms with van der Waals surface area (Å²) in [4.78, 5) is 12.9. The average molecular weight is 262 g/mol. The summed E-state index contributed by atoms with van der Waals surface area (Å²) in [5.74, 6) is 0.669. The third-order valence-electron chi connectivity index (χ3n) is 2.50. The largest absolute Gasteiger partial charge is 0.494 e. The van der Waals surface area contributed by atoms with Gasteiger partial charge in [0.1, 0.15) is 10.6 Å². The van der Waals surface area contributed by atoms with Crippen LogP contribution in [0.15, 0.2) is 24.3 Å². The summed E-state index contributed by atoms with van der Waals surface area (Å²) in [6.07, 6.45) is 0.711. The number of aryl methyl sites for hydroxylation is 1. The molecule has 18 heavy (non-hydrogen) atoms. The summed E-state index contributed by atoms with van der Waals surface area (Å²) in [6.45, 7) is 4.46. The van der Waals surface area contributed by atoms with Crippen molar-refractivity contribution in [2.75, 3.05) is 6.61 Å². The van der Waals surface area contributed by atoms with E-state index in [1.54, 1.807) is 12.1 Å². The van der Waals surface area contributed by atoms with Crippen molar-refractivity contribution in [2.24, 2.45) is 0 Å². The van der Waals surface area contributed by atoms with Crippen molar-refractivity contribution in [1.29, 1.82) is 0 Å². The maximum absolute atomic E-state index is 12.3. The molecule has 94 valence electrons. The Balaban J connectivity index is 2.31. The minimum atomic E-state index is -0.0385. The van der Waals surface area contributed by atoms with Crippen LogP contribution in [0.3, 0.4) is 0 Å². The number of benzene rings is 1. The molecule has 0 unspecified atom stereocenters. The summed E-state index contributed by atoms with van der Waals surface area (Å²) in [5.41, 5.74) is 1.37. The number of ether oxygens (including phenoxy) is 1. The number of hydrogen-bond acceptors (Lipinski definition) is 5. The highest BCUT2D eigenvalue weighted by molar-refractivity contribution is 7.08. The lowest BCUT2D eigenvalue weighted by atomic mass is 10.1. The Kier molecular flexibility index (Phi) is 4.04. The van der Waals surface area contributed by atoms with Crippen molar-refractivity contribution in [2.45, 2.75) is 20.3 Å². The Morgan fingerprint density at radius 1 is 1.39 bits per heavy atom. The highest BCUT2D eigenvalue weighted by Crippen LogP contribution is 2.20. The number of hydrogen-bond donors (Lipinski definition) is 0. The molecule has 2 aromatic rings. The summed E-state index contributed by atoms with van der Waals surface area (Å²) >= 11 is 1.14. The summed E-state index contributed by atoms with van der Waals surface area (Å²) in [7, 11) is 0. The maximum atomic E-state index is 12.3. The van der Waals surface area contributed by atoms with Gasteiger partial charge in [-0.3, -0.25) is 4.79 Å². The molecule has 4 nitrogen and oxygen atoms in total. The molecule has 0 atom stereocenters. The smallest absolute Gasteiger partial charge is 0.206 e. The van der Waals surface area contributed by atoms with Gasteiger partial charge in [0.25, 0.3) is 0 Å². The fourth-order valence-electron chi connectivity index (χ4n) is 1.64. The minimum absolute atomic E-state index is 0.0385. The van der Waals surface area contributed by atoms with Gasteiger partial charge in [0.05, 0.1) is 12.3 Å². The molecule has 1 aromatic heterocycles. The fraction of sp³-hybridized carbons (Fsp3) is 0.308. The lowest BCUT2D eigenvalue weighted by molar-refractivity contribution is 0.104. The van der Waals surface area contributed by atoms with E-state index in [9.17, 15) is 4.79 Å². The third kappa shape index (κ3) is 2.56. The van der Waals surface area contributed by atoms with Crippen LogP contribution in [-0.2, 0) is 6.42 Å². The van der Waals surface area contributed by atoms with Gasteiger partial charge in [-0.1, -0.05) is 23.5 Å². The van der Waals surface area contributed by atoms with Crippen LogP contribution in [0.25, 0.3) is 0 Å². The van der Waals surface area contributed by atoms with Crippen molar-refractivity contribution in [1.82, 2.24) is 9.59 Å². The van der Waals surface area contributed by atoms with Gasteiger partial charge in [-0.05, 0) is 37.0 Å². The SMILES string of the molecule is CCOc1cccc(C(=O)c2snnc2CC)c1. The first-order chi connectivity index (χ1) is 8.76. The Bertz CT molecular complexity index is 551. The van der Waals surface area contributed by atoms with Crippen LogP contribution in [0.1, 0.15) is 34.8 Å². The zero-order valence-electron chi connectivity index (χ0n) is 10.3. The van der Waals surface area contributed by atoms with E-state index < -0.39 is 0 Å². The van der Waals surface area contributed by atoms with E-state index in [0.717, 1.165) is 17.2 Å². The molecular formula is C13H14N2O2S. The standard InChI is InChI=1S/C13H14N2O2S/c1-3-11-13(18-15-14-11)12(16)9-6-5-7-10(8-9)17-4-2/h5-8H,3-4H2,1-2H3. The minimum Gasteiger partial charge on any atom is -0.494 e. The number of carbonyl (C=O) groups is 1. The number of rotatable bonds is 5. The van der Waals surface area contributed by atoms with Crippen LogP contribution < -0.4 is 4.74 Å². The van der Waals surface area contributed by atoms with Crippen LogP contribution >= 0.6 is 11.5 Å². The van der Waals surface area contributed by atoms with E-state index in [-0.39, 0.29) is 5.78 Å². The first-order valence-corrected chi connectivity index (χ1v) is 6.62. The Hall–Kier alpha value is -1.75. The van der Waals surface area contributed by atoms with Crippen molar-refractivity contribution in [3.8, 4) is 5.75 Å². The number of carbonyl (C=O) groups excluding carboxylic acids is 1. The molecule has 0 radical (unpaired) electrons. The van der Waals surface area contributed by atoms with Gasteiger partial charge in [-0.2, -0.15) is 0 Å². The lowest BCUT2D eigenvalue weighted by Crippen LogP contribution is -2.03. The molecule has 0 N–H and O–H groups in total. The molecule has 1 heterocycles. The van der Waals surface area contributed by atoms with E-state index in [1.807, 2.05) is 26.0 Å². The molecule has 5 heteroatoms. The topological polar surface area (TPSA) is 52.1 Å². The predicted octanol–water partition coefficient (Wildman–Crippen LogP) is 2.73. The Morgan fingerprint density at radius 2 is 2.22 bits per heavy atom. The highest BCUT2D eigenvalue weighted by Gasteiger charge is 2.17. The Labute approximate surface area is 110 Å². The van der Waals surface area contributed by atoms with Crippen molar-refractivity contribution in [3.63, 3.8) is 0 Å². The quantitative estimate of drug-likeness (QED) is 0.777. The second kappa shape index (κ2) is 5.73. The van der Waals surface area contributed by atoms with Gasteiger partial charge in [0, 0.05) is 5.56 Å². The van der Waals surface area contributed by atoms with Crippen molar-refractivity contribution >= 4 is 17.3 Å². The number of nitrogens with zero attached hydrogens (tertiary/aromatic N) is 2. The molecule has 0 aliphatic heterocycles. The molecule has 2 rings (SSSR count). The van der Waals surface area contributed by atoms with Crippen molar-refractivity contribution < 1.29 is 9.53 Å². The molecule has 1 aromatic carbocycles. The molecule has 0 saturated carbocycles. The normalized spacial score (nSPS) is 10.3. The predicted molar refractivity (Wildman–Crippen MR) is 70.3 cm³/mol. The second-order valence-corrected chi connectivity index (χ2v) is 4.45. The van der Waals surface area contributed by atoms with E-state index in [1.165, 1.54) is 0 Å². The van der Waals surface area contributed by atoms with E-state index >= 15 is 0 Å². The van der Waals surface area contributed by atoms with E-state index in [4.69, 9.17) is 4.74 Å². The second-order valence-electron chi connectivity index (χ2n) is 3.69. The molecule has 0 aliphatic rings. The fourth-order valence-corrected chi connectivity index (χ4v) is 2.35. The molecule has 0 bridgehead atoms. The van der Waals surface area contributed by atoms with E-state index in [2.05, 4.69) is 9.59 Å². The van der Waals surface area contributed by atoms with Crippen LogP contribution in [0, 0.1) is 0 Å². The first kappa shape index (κ1) is 12.7. The summed E-state index contributed by atoms with van der Waals surface area (Å²) < 4.78 is 9.23. The van der Waals surface area contributed by atoms with Crippen molar-refractivity contribution in [3.05, 3.63) is 40.4 Å². The molecule has 0 spiro atoms. The van der Waals surface area contributed by atoms with Crippen LogP contribution in [-0.4, -0.2) is 22.0 Å². The van der Waals surface area contributed by atoms with Crippen LogP contribution in [0.5, 0.6) is 5.75 Å². The van der Waals surface area contributed by atoms with Crippen LogP contribution in [0.4, 0.5) is 0 Å². The van der Waals surface area contributed by atoms with Gasteiger partial charge in [-0.15, -0.1) is 5.10 Å². The average Bonchev–Trinajstić information content (AvgIpc) is 2.87. The zero-order valence-corrected chi connectivity index (χ0v) is 11.2. The Morgan fingerprint density at radius 3 is 2.94 bits per heavy atom. The summed E-state index contributed by atoms with van der Waals surface area (Å²) in [5, 5.41) is 3.96. The van der Waals surface area contributed by atoms with Gasteiger partial charge in [-0.25, -0.2) is 0 Å². The van der Waals surface area contributed by atoms with Crippen LogP contribution in [0.2, 0.25) is 0 Å². The molecule has 0 amide bonds. The number of ketones is 1. The molecule has 0 aliphatic carbocycles. The molecular weight excluding hydrogens is 248 g/mol. The third-order valence-corrected chi connectivity index (χ3v) is 3.27. The van der Waals surface area contributed by atoms with E-state index in [0.29, 0.717) is 29.2 Å². The monoisotopic (exact) mass is 262 g/mol. The summed E-state index contributed by atoms with van der Waals surface area (Å²) in [6, 6.07) is 7.19. The highest BCUT2D eigenvalue weighted by atomic mass is 32.1. The lowest BCUT2D eigenvalue weighted by Gasteiger charge is -2.04. The molecule has 0 fully saturated rings. The first-order valence-electron chi connectivity index (χ1n) is 5.85. The van der Waals surface area contributed by atoms with Gasteiger partial charge < -0.3 is 4.74 Å². The zero-order chi connectivity index (χ0) is 13.0. The maximum Gasteiger partial charge on any atom is 0.206 e. The van der Waals surface area contributed by atoms with Gasteiger partial charge in [0.2, 0.25) is 5.78 Å². The van der Waals surface area contributed by atoms with Gasteiger partial charge >= 0.3 is 0 Å².